The predicted octanol–water partition coefficient (Wildman–Crippen LogP) is 1.37. The normalized spacial score (nSPS) is 26.3. The first kappa shape index (κ1) is 7.35. The second kappa shape index (κ2) is 2.72. The summed E-state index contributed by atoms with van der Waals surface area (Å²) in [5.74, 6) is 0.964. The number of benzene rings is 1. The molecule has 2 heterocycles. The van der Waals surface area contributed by atoms with Crippen LogP contribution in [-0.2, 0) is 4.74 Å². The van der Waals surface area contributed by atoms with Crippen molar-refractivity contribution in [2.24, 2.45) is 0 Å². The summed E-state index contributed by atoms with van der Waals surface area (Å²) in [6, 6.07) is 8.07. The van der Waals surface area contributed by atoms with Crippen molar-refractivity contribution in [3.63, 3.8) is 0 Å². The van der Waals surface area contributed by atoms with E-state index in [4.69, 9.17) is 9.47 Å². The Labute approximate surface area is 76.9 Å². The summed E-state index contributed by atoms with van der Waals surface area (Å²) in [5, 5.41) is 0. The molecule has 0 bridgehead atoms. The molecule has 3 rings (SSSR count). The van der Waals surface area contributed by atoms with Gasteiger partial charge in [-0.05, 0) is 6.07 Å². The molecule has 0 unspecified atom stereocenters. The Balaban J connectivity index is 2.06. The smallest absolute Gasteiger partial charge is 0.144 e. The van der Waals surface area contributed by atoms with Crippen LogP contribution >= 0.6 is 0 Å². The molecule has 1 fully saturated rings. The second-order valence-electron chi connectivity index (χ2n) is 3.35. The van der Waals surface area contributed by atoms with Crippen molar-refractivity contribution >= 4 is 0 Å². The Bertz CT molecular complexity index is 326. The minimum atomic E-state index is 0.130. The molecule has 1 aromatic rings. The highest BCUT2D eigenvalue weighted by Gasteiger charge is 2.32. The molecule has 0 amide bonds. The van der Waals surface area contributed by atoms with E-state index in [0.29, 0.717) is 6.73 Å². The van der Waals surface area contributed by atoms with E-state index in [0.717, 1.165) is 24.5 Å². The number of nitrogens with zero attached hydrogens (tertiary/aromatic N) is 1. The van der Waals surface area contributed by atoms with Gasteiger partial charge >= 0.3 is 0 Å². The molecule has 0 spiro atoms. The van der Waals surface area contributed by atoms with Crippen molar-refractivity contribution in [2.45, 2.75) is 6.23 Å². The lowest BCUT2D eigenvalue weighted by Gasteiger charge is -2.29. The molecular weight excluding hydrogens is 166 g/mol. The molecular formula is C10H11NO2. The maximum Gasteiger partial charge on any atom is 0.144 e. The van der Waals surface area contributed by atoms with Gasteiger partial charge in [-0.15, -0.1) is 0 Å². The second-order valence-corrected chi connectivity index (χ2v) is 3.35. The van der Waals surface area contributed by atoms with Crippen molar-refractivity contribution in [3.05, 3.63) is 29.8 Å². The maximum absolute atomic E-state index is 5.63. The van der Waals surface area contributed by atoms with Crippen molar-refractivity contribution in [2.75, 3.05) is 19.9 Å². The molecule has 0 saturated carbocycles. The molecule has 2 aliphatic heterocycles. The van der Waals surface area contributed by atoms with Crippen LogP contribution in [0.1, 0.15) is 11.8 Å². The van der Waals surface area contributed by atoms with E-state index in [9.17, 15) is 0 Å². The van der Waals surface area contributed by atoms with E-state index >= 15 is 0 Å². The Kier molecular flexibility index (Phi) is 1.54. The third-order valence-electron chi connectivity index (χ3n) is 2.56. The Morgan fingerprint density at radius 3 is 3.23 bits per heavy atom. The predicted molar refractivity (Wildman–Crippen MR) is 47.3 cm³/mol. The number of rotatable bonds is 0. The topological polar surface area (TPSA) is 21.7 Å². The summed E-state index contributed by atoms with van der Waals surface area (Å²) in [5.41, 5.74) is 1.16. The summed E-state index contributed by atoms with van der Waals surface area (Å²) in [6.07, 6.45) is 0.130. The first-order chi connectivity index (χ1) is 6.45. The van der Waals surface area contributed by atoms with Crippen LogP contribution in [0.5, 0.6) is 5.75 Å². The molecule has 68 valence electrons. The molecule has 3 nitrogen and oxygen atoms in total. The van der Waals surface area contributed by atoms with Crippen LogP contribution in [0.3, 0.4) is 0 Å². The number of hydrogen-bond acceptors (Lipinski definition) is 3. The van der Waals surface area contributed by atoms with Gasteiger partial charge in [-0.3, -0.25) is 0 Å². The van der Waals surface area contributed by atoms with E-state index in [1.54, 1.807) is 0 Å². The van der Waals surface area contributed by atoms with Crippen LogP contribution < -0.4 is 4.74 Å². The highest BCUT2D eigenvalue weighted by atomic mass is 16.5. The minimum Gasteiger partial charge on any atom is -0.478 e. The Morgan fingerprint density at radius 2 is 2.23 bits per heavy atom. The third kappa shape index (κ3) is 1.04. The fraction of sp³-hybridized carbons (Fsp3) is 0.400. The summed E-state index contributed by atoms with van der Waals surface area (Å²) in [7, 11) is 0. The van der Waals surface area contributed by atoms with Crippen LogP contribution in [0.2, 0.25) is 0 Å². The first-order valence-electron chi connectivity index (χ1n) is 4.52. The number of para-hydroxylation sites is 1. The van der Waals surface area contributed by atoms with Gasteiger partial charge in [0.15, 0.2) is 0 Å². The summed E-state index contributed by atoms with van der Waals surface area (Å²) >= 11 is 0. The highest BCUT2D eigenvalue weighted by molar-refractivity contribution is 5.36. The lowest BCUT2D eigenvalue weighted by atomic mass is 10.1. The standard InChI is InChI=1S/C10H11NO2/c1-2-4-9-8(3-1)10-11(7-13-9)5-6-12-10/h1-4,10H,5-7H2/t10-/m1/s1. The van der Waals surface area contributed by atoms with Crippen molar-refractivity contribution in [1.82, 2.24) is 4.90 Å². The number of ether oxygens (including phenoxy) is 2. The van der Waals surface area contributed by atoms with E-state index in [1.165, 1.54) is 0 Å². The molecule has 2 aliphatic rings. The number of fused-ring (bicyclic) bond motifs is 3. The molecule has 0 aliphatic carbocycles. The van der Waals surface area contributed by atoms with Crippen LogP contribution in [0.4, 0.5) is 0 Å². The van der Waals surface area contributed by atoms with E-state index in [1.807, 2.05) is 18.2 Å². The largest absolute Gasteiger partial charge is 0.478 e. The van der Waals surface area contributed by atoms with Gasteiger partial charge in [0, 0.05) is 12.1 Å². The monoisotopic (exact) mass is 177 g/mol. The van der Waals surface area contributed by atoms with Gasteiger partial charge in [0.05, 0.1) is 6.61 Å². The molecule has 0 N–H and O–H groups in total. The average molecular weight is 177 g/mol. The van der Waals surface area contributed by atoms with Crippen LogP contribution in [0.15, 0.2) is 24.3 Å². The minimum absolute atomic E-state index is 0.130. The van der Waals surface area contributed by atoms with Gasteiger partial charge in [-0.25, -0.2) is 4.90 Å². The van der Waals surface area contributed by atoms with Crippen LogP contribution in [0, 0.1) is 0 Å². The Morgan fingerprint density at radius 1 is 1.31 bits per heavy atom. The van der Waals surface area contributed by atoms with E-state index in [-0.39, 0.29) is 6.23 Å². The lowest BCUT2D eigenvalue weighted by Crippen LogP contribution is -2.32. The van der Waals surface area contributed by atoms with Gasteiger partial charge in [-0.1, -0.05) is 18.2 Å². The molecule has 1 aromatic carbocycles. The zero-order valence-corrected chi connectivity index (χ0v) is 7.27. The summed E-state index contributed by atoms with van der Waals surface area (Å²) in [4.78, 5) is 2.20. The SMILES string of the molecule is c1ccc2c(c1)OCN1CCO[C@H]21. The van der Waals surface area contributed by atoms with Gasteiger partial charge < -0.3 is 9.47 Å². The zero-order chi connectivity index (χ0) is 8.67. The third-order valence-corrected chi connectivity index (χ3v) is 2.56. The fourth-order valence-corrected chi connectivity index (χ4v) is 1.89. The Hall–Kier alpha value is -1.06. The molecule has 0 aromatic heterocycles. The zero-order valence-electron chi connectivity index (χ0n) is 7.27. The summed E-state index contributed by atoms with van der Waals surface area (Å²) in [6.45, 7) is 2.43. The molecule has 1 atom stereocenters. The van der Waals surface area contributed by atoms with E-state index in [2.05, 4.69) is 11.0 Å². The molecule has 0 radical (unpaired) electrons. The molecule has 1 saturated heterocycles. The van der Waals surface area contributed by atoms with Crippen molar-refractivity contribution < 1.29 is 9.47 Å². The lowest BCUT2D eigenvalue weighted by molar-refractivity contribution is -0.0228. The van der Waals surface area contributed by atoms with Crippen molar-refractivity contribution in [1.29, 1.82) is 0 Å². The van der Waals surface area contributed by atoms with Gasteiger partial charge in [0.25, 0.3) is 0 Å². The van der Waals surface area contributed by atoms with Crippen LogP contribution in [0.25, 0.3) is 0 Å². The highest BCUT2D eigenvalue weighted by Crippen LogP contribution is 2.36. The summed E-state index contributed by atoms with van der Waals surface area (Å²) < 4.78 is 11.2. The van der Waals surface area contributed by atoms with Crippen LogP contribution in [-0.4, -0.2) is 24.8 Å². The fourth-order valence-electron chi connectivity index (χ4n) is 1.89. The first-order valence-corrected chi connectivity index (χ1v) is 4.52. The quantitative estimate of drug-likeness (QED) is 0.597. The van der Waals surface area contributed by atoms with E-state index < -0.39 is 0 Å². The molecule has 13 heavy (non-hydrogen) atoms. The van der Waals surface area contributed by atoms with Gasteiger partial charge in [0.2, 0.25) is 0 Å². The number of hydrogen-bond donors (Lipinski definition) is 0. The molecule has 3 heteroatoms. The maximum atomic E-state index is 5.63. The van der Waals surface area contributed by atoms with Gasteiger partial charge in [-0.2, -0.15) is 0 Å². The average Bonchev–Trinajstić information content (AvgIpc) is 2.65. The van der Waals surface area contributed by atoms with Crippen molar-refractivity contribution in [3.8, 4) is 5.75 Å². The van der Waals surface area contributed by atoms with Gasteiger partial charge in [0.1, 0.15) is 18.7 Å².